The van der Waals surface area contributed by atoms with Crippen LogP contribution in [-0.4, -0.2) is 23.0 Å². The number of benzene rings is 2. The average molecular weight is 335 g/mol. The number of amides is 1. The van der Waals surface area contributed by atoms with Gasteiger partial charge in [0.25, 0.3) is 5.91 Å². The van der Waals surface area contributed by atoms with Crippen molar-refractivity contribution in [3.63, 3.8) is 0 Å². The number of aryl methyl sites for hydroxylation is 4. The van der Waals surface area contributed by atoms with E-state index in [0.717, 1.165) is 27.9 Å². The Morgan fingerprint density at radius 3 is 2.16 bits per heavy atom. The van der Waals surface area contributed by atoms with E-state index in [1.807, 2.05) is 58.0 Å². The number of methoxy groups -OCH3 is 1. The number of fused-ring (bicyclic) bond motifs is 1. The molecule has 5 heteroatoms. The summed E-state index contributed by atoms with van der Waals surface area (Å²) in [6.45, 7) is 8.00. The molecule has 128 valence electrons. The predicted octanol–water partition coefficient (Wildman–Crippen LogP) is 4.12. The zero-order valence-electron chi connectivity index (χ0n) is 15.1. The lowest BCUT2D eigenvalue weighted by molar-refractivity contribution is 0.101. The second-order valence-electron chi connectivity index (χ2n) is 6.28. The van der Waals surface area contributed by atoms with E-state index in [-0.39, 0.29) is 17.5 Å². The molecule has 0 aliphatic rings. The lowest BCUT2D eigenvalue weighted by Gasteiger charge is -2.12. The zero-order valence-corrected chi connectivity index (χ0v) is 15.1. The van der Waals surface area contributed by atoms with E-state index in [0.29, 0.717) is 11.0 Å². The van der Waals surface area contributed by atoms with Gasteiger partial charge in [0.15, 0.2) is 5.69 Å². The SMILES string of the molecule is COc1nc2cc(C)c(C)cc2nc1C(=O)Nc1ccc(C)cc1C. The molecule has 2 aromatic carbocycles. The number of aromatic nitrogens is 2. The predicted molar refractivity (Wildman–Crippen MR) is 99.4 cm³/mol. The second-order valence-corrected chi connectivity index (χ2v) is 6.28. The highest BCUT2D eigenvalue weighted by Gasteiger charge is 2.18. The fraction of sp³-hybridized carbons (Fsp3) is 0.250. The average Bonchev–Trinajstić information content (AvgIpc) is 2.57. The van der Waals surface area contributed by atoms with E-state index >= 15 is 0 Å². The van der Waals surface area contributed by atoms with Gasteiger partial charge in [-0.1, -0.05) is 17.7 Å². The maximum absolute atomic E-state index is 12.7. The number of anilines is 1. The van der Waals surface area contributed by atoms with Gasteiger partial charge in [-0.15, -0.1) is 0 Å². The molecule has 0 unspecified atom stereocenters. The summed E-state index contributed by atoms with van der Waals surface area (Å²) < 4.78 is 5.30. The van der Waals surface area contributed by atoms with Crippen LogP contribution in [0, 0.1) is 27.7 Å². The fourth-order valence-corrected chi connectivity index (χ4v) is 2.72. The van der Waals surface area contributed by atoms with E-state index in [9.17, 15) is 4.79 Å². The van der Waals surface area contributed by atoms with E-state index in [1.165, 1.54) is 7.11 Å². The van der Waals surface area contributed by atoms with Gasteiger partial charge in [0, 0.05) is 5.69 Å². The Morgan fingerprint density at radius 2 is 1.56 bits per heavy atom. The first-order chi connectivity index (χ1) is 11.9. The minimum Gasteiger partial charge on any atom is -0.479 e. The minimum atomic E-state index is -0.337. The highest BCUT2D eigenvalue weighted by atomic mass is 16.5. The number of carbonyl (C=O) groups is 1. The Morgan fingerprint density at radius 1 is 0.920 bits per heavy atom. The van der Waals surface area contributed by atoms with Gasteiger partial charge in [-0.3, -0.25) is 4.79 Å². The Kier molecular flexibility index (Phi) is 4.40. The van der Waals surface area contributed by atoms with E-state index < -0.39 is 0 Å². The summed E-state index contributed by atoms with van der Waals surface area (Å²) >= 11 is 0. The van der Waals surface area contributed by atoms with Crippen molar-refractivity contribution in [2.75, 3.05) is 12.4 Å². The molecule has 0 saturated heterocycles. The molecule has 25 heavy (non-hydrogen) atoms. The maximum atomic E-state index is 12.7. The van der Waals surface area contributed by atoms with Gasteiger partial charge in [-0.05, 0) is 62.6 Å². The number of nitrogens with zero attached hydrogens (tertiary/aromatic N) is 2. The van der Waals surface area contributed by atoms with Crippen LogP contribution in [0.2, 0.25) is 0 Å². The summed E-state index contributed by atoms with van der Waals surface area (Å²) in [6, 6.07) is 9.75. The number of nitrogens with one attached hydrogen (secondary N) is 1. The van der Waals surface area contributed by atoms with Crippen molar-refractivity contribution in [1.82, 2.24) is 9.97 Å². The van der Waals surface area contributed by atoms with Crippen molar-refractivity contribution in [3.05, 3.63) is 58.3 Å². The van der Waals surface area contributed by atoms with Crippen molar-refractivity contribution in [2.45, 2.75) is 27.7 Å². The number of ether oxygens (including phenoxy) is 1. The van der Waals surface area contributed by atoms with Crippen LogP contribution in [0.3, 0.4) is 0 Å². The fourth-order valence-electron chi connectivity index (χ4n) is 2.72. The zero-order chi connectivity index (χ0) is 18.1. The molecule has 0 fully saturated rings. The van der Waals surface area contributed by atoms with Crippen LogP contribution in [0.5, 0.6) is 5.88 Å². The lowest BCUT2D eigenvalue weighted by atomic mass is 10.1. The number of carbonyl (C=O) groups excluding carboxylic acids is 1. The van der Waals surface area contributed by atoms with E-state index in [2.05, 4.69) is 15.3 Å². The molecule has 0 bridgehead atoms. The number of rotatable bonds is 3. The van der Waals surface area contributed by atoms with Crippen molar-refractivity contribution >= 4 is 22.6 Å². The number of hydrogen-bond donors (Lipinski definition) is 1. The third kappa shape index (κ3) is 3.31. The smallest absolute Gasteiger partial charge is 0.279 e. The molecule has 3 aromatic rings. The van der Waals surface area contributed by atoms with Crippen LogP contribution in [0.25, 0.3) is 11.0 Å². The van der Waals surface area contributed by atoms with Crippen LogP contribution >= 0.6 is 0 Å². The first kappa shape index (κ1) is 16.9. The minimum absolute atomic E-state index is 0.179. The standard InChI is InChI=1S/C20H21N3O2/c1-11-6-7-15(14(4)8-11)22-19(24)18-20(25-5)23-17-10-13(3)12(2)9-16(17)21-18/h6-10H,1-5H3,(H,22,24). The normalized spacial score (nSPS) is 10.8. The van der Waals surface area contributed by atoms with Gasteiger partial charge in [-0.2, -0.15) is 0 Å². The topological polar surface area (TPSA) is 64.1 Å². The van der Waals surface area contributed by atoms with Gasteiger partial charge in [0.05, 0.1) is 18.1 Å². The van der Waals surface area contributed by atoms with Crippen molar-refractivity contribution in [1.29, 1.82) is 0 Å². The Bertz CT molecular complexity index is 980. The molecule has 0 spiro atoms. The molecule has 1 aromatic heterocycles. The van der Waals surface area contributed by atoms with Crippen molar-refractivity contribution in [2.24, 2.45) is 0 Å². The summed E-state index contributed by atoms with van der Waals surface area (Å²) in [7, 11) is 1.49. The molecule has 1 heterocycles. The molecule has 0 atom stereocenters. The second kappa shape index (κ2) is 6.51. The molecular formula is C20H21N3O2. The molecule has 0 aliphatic heterocycles. The van der Waals surface area contributed by atoms with Gasteiger partial charge in [0.2, 0.25) is 5.88 Å². The van der Waals surface area contributed by atoms with Crippen LogP contribution in [0.4, 0.5) is 5.69 Å². The highest BCUT2D eigenvalue weighted by Crippen LogP contribution is 2.23. The third-order valence-electron chi connectivity index (χ3n) is 4.29. The van der Waals surface area contributed by atoms with Gasteiger partial charge in [0.1, 0.15) is 0 Å². The molecule has 0 aliphatic carbocycles. The van der Waals surface area contributed by atoms with Crippen LogP contribution < -0.4 is 10.1 Å². The molecule has 0 radical (unpaired) electrons. The molecule has 3 rings (SSSR count). The highest BCUT2D eigenvalue weighted by molar-refractivity contribution is 6.05. The largest absolute Gasteiger partial charge is 0.479 e. The monoisotopic (exact) mass is 335 g/mol. The molecule has 0 saturated carbocycles. The van der Waals surface area contributed by atoms with E-state index in [1.54, 1.807) is 0 Å². The first-order valence-electron chi connectivity index (χ1n) is 8.10. The summed E-state index contributed by atoms with van der Waals surface area (Å²) in [6.07, 6.45) is 0. The van der Waals surface area contributed by atoms with E-state index in [4.69, 9.17) is 4.74 Å². The Hall–Kier alpha value is -2.95. The summed E-state index contributed by atoms with van der Waals surface area (Å²) in [4.78, 5) is 21.7. The molecule has 5 nitrogen and oxygen atoms in total. The van der Waals surface area contributed by atoms with Crippen molar-refractivity contribution < 1.29 is 9.53 Å². The summed E-state index contributed by atoms with van der Waals surface area (Å²) in [5.74, 6) is -0.116. The maximum Gasteiger partial charge on any atom is 0.279 e. The number of hydrogen-bond acceptors (Lipinski definition) is 4. The Balaban J connectivity index is 2.03. The lowest BCUT2D eigenvalue weighted by Crippen LogP contribution is -2.16. The molecular weight excluding hydrogens is 314 g/mol. The Labute approximate surface area is 147 Å². The van der Waals surface area contributed by atoms with Gasteiger partial charge < -0.3 is 10.1 Å². The summed E-state index contributed by atoms with van der Waals surface area (Å²) in [5, 5.41) is 2.90. The molecule has 1 amide bonds. The summed E-state index contributed by atoms with van der Waals surface area (Å²) in [5.41, 5.74) is 6.68. The van der Waals surface area contributed by atoms with Crippen molar-refractivity contribution in [3.8, 4) is 5.88 Å². The van der Waals surface area contributed by atoms with Gasteiger partial charge in [-0.25, -0.2) is 9.97 Å². The van der Waals surface area contributed by atoms with Crippen LogP contribution in [0.1, 0.15) is 32.7 Å². The first-order valence-corrected chi connectivity index (χ1v) is 8.10. The molecule has 1 N–H and O–H groups in total. The van der Waals surface area contributed by atoms with Crippen LogP contribution in [-0.2, 0) is 0 Å². The third-order valence-corrected chi connectivity index (χ3v) is 4.29. The van der Waals surface area contributed by atoms with Gasteiger partial charge >= 0.3 is 0 Å². The van der Waals surface area contributed by atoms with Crippen LogP contribution in [0.15, 0.2) is 30.3 Å². The quantitative estimate of drug-likeness (QED) is 0.782.